The summed E-state index contributed by atoms with van der Waals surface area (Å²) in [5, 5.41) is 0. The summed E-state index contributed by atoms with van der Waals surface area (Å²) in [5.74, 6) is 0.816. The first-order valence-electron chi connectivity index (χ1n) is 8.64. The number of fused-ring (bicyclic) bond motifs is 1. The molecular weight excluding hydrogens is 351 g/mol. The van der Waals surface area contributed by atoms with Gasteiger partial charge in [0.1, 0.15) is 17.7 Å². The monoisotopic (exact) mass is 372 g/mol. The lowest BCUT2D eigenvalue weighted by Crippen LogP contribution is -2.49. The maximum atomic E-state index is 14.8. The van der Waals surface area contributed by atoms with Crippen LogP contribution in [0.2, 0.25) is 0 Å². The summed E-state index contributed by atoms with van der Waals surface area (Å²) < 4.78 is 21.6. The molecule has 0 aliphatic carbocycles. The van der Waals surface area contributed by atoms with Gasteiger partial charge < -0.3 is 5.73 Å². The molecule has 0 fully saturated rings. The molecule has 26 heavy (non-hydrogen) atoms. The van der Waals surface area contributed by atoms with E-state index in [9.17, 15) is 4.39 Å². The van der Waals surface area contributed by atoms with E-state index in [0.29, 0.717) is 17.3 Å². The Hall–Kier alpha value is -2.35. The van der Waals surface area contributed by atoms with E-state index in [1.807, 2.05) is 13.0 Å². The molecular formula is C18H21FN6S. The predicted molar refractivity (Wildman–Crippen MR) is 102 cm³/mol. The van der Waals surface area contributed by atoms with Crippen molar-refractivity contribution in [3.63, 3.8) is 0 Å². The highest BCUT2D eigenvalue weighted by Crippen LogP contribution is 2.35. The maximum Gasteiger partial charge on any atom is 0.203 e. The summed E-state index contributed by atoms with van der Waals surface area (Å²) in [5.41, 5.74) is 7.75. The van der Waals surface area contributed by atoms with E-state index in [-0.39, 0.29) is 16.7 Å². The quantitative estimate of drug-likeness (QED) is 0.879. The number of nitrogens with zero attached hydrogens (tertiary/aromatic N) is 5. The molecule has 0 spiro atoms. The topological polar surface area (TPSA) is 79.8 Å². The summed E-state index contributed by atoms with van der Waals surface area (Å²) in [7, 11) is -0.368. The van der Waals surface area contributed by atoms with Crippen LogP contribution >= 0.6 is 0 Å². The highest BCUT2D eigenvalue weighted by atomic mass is 32.2. The summed E-state index contributed by atoms with van der Waals surface area (Å²) in [6.07, 6.45) is 7.02. The van der Waals surface area contributed by atoms with Gasteiger partial charge in [-0.3, -0.25) is 4.31 Å². The number of benzene rings is 1. The molecule has 3 heterocycles. The number of hydrogen-bond donors (Lipinski definition) is 1. The first-order chi connectivity index (χ1) is 12.6. The van der Waals surface area contributed by atoms with Gasteiger partial charge in [0, 0.05) is 36.6 Å². The molecule has 1 aromatic carbocycles. The second kappa shape index (κ2) is 6.75. The largest absolute Gasteiger partial charge is 0.369 e. The van der Waals surface area contributed by atoms with Gasteiger partial charge >= 0.3 is 0 Å². The van der Waals surface area contributed by atoms with Crippen LogP contribution < -0.4 is 5.73 Å². The van der Waals surface area contributed by atoms with Crippen LogP contribution in [-0.4, -0.2) is 39.1 Å². The van der Waals surface area contributed by atoms with E-state index >= 15 is 0 Å². The van der Waals surface area contributed by atoms with Crippen molar-refractivity contribution in [2.75, 3.05) is 18.8 Å². The molecule has 2 aromatic rings. The molecule has 2 aliphatic rings. The lowest BCUT2D eigenvalue weighted by molar-refractivity contribution is 0.481. The first-order valence-corrected chi connectivity index (χ1v) is 9.94. The van der Waals surface area contributed by atoms with Crippen LogP contribution in [0.4, 0.5) is 4.39 Å². The number of hydrogen-bond acceptors (Lipinski definition) is 6. The Labute approximate surface area is 154 Å². The first kappa shape index (κ1) is 17.1. The highest BCUT2D eigenvalue weighted by molar-refractivity contribution is 7.85. The summed E-state index contributed by atoms with van der Waals surface area (Å²) in [6, 6.07) is 5.05. The minimum Gasteiger partial charge on any atom is -0.369 e. The molecule has 0 saturated heterocycles. The molecule has 2 N–H and O–H groups in total. The van der Waals surface area contributed by atoms with Crippen molar-refractivity contribution < 1.29 is 4.39 Å². The van der Waals surface area contributed by atoms with E-state index in [1.54, 1.807) is 18.5 Å². The third kappa shape index (κ3) is 3.09. The lowest BCUT2D eigenvalue weighted by atomic mass is 9.91. The minimum absolute atomic E-state index is 0.281. The fourth-order valence-electron chi connectivity index (χ4n) is 3.35. The maximum absolute atomic E-state index is 14.8. The molecule has 0 amide bonds. The van der Waals surface area contributed by atoms with Crippen molar-refractivity contribution in [1.82, 2.24) is 14.3 Å². The molecule has 0 radical (unpaired) electrons. The fourth-order valence-corrected chi connectivity index (χ4v) is 5.40. The van der Waals surface area contributed by atoms with Crippen molar-refractivity contribution >= 4 is 16.8 Å². The molecule has 1 aromatic heterocycles. The van der Waals surface area contributed by atoms with Crippen molar-refractivity contribution in [2.45, 2.75) is 25.3 Å². The van der Waals surface area contributed by atoms with Crippen molar-refractivity contribution in [2.24, 2.45) is 15.1 Å². The van der Waals surface area contributed by atoms with Gasteiger partial charge in [-0.05, 0) is 48.3 Å². The van der Waals surface area contributed by atoms with Gasteiger partial charge in [-0.15, -0.1) is 0 Å². The molecule has 0 saturated carbocycles. The van der Waals surface area contributed by atoms with Crippen LogP contribution in [0.3, 0.4) is 0 Å². The third-order valence-corrected chi connectivity index (χ3v) is 6.91. The van der Waals surface area contributed by atoms with Crippen LogP contribution in [0, 0.1) is 5.82 Å². The van der Waals surface area contributed by atoms with Gasteiger partial charge in [0.15, 0.2) is 0 Å². The zero-order valence-electron chi connectivity index (χ0n) is 14.6. The Morgan fingerprint density at radius 1 is 1.19 bits per heavy atom. The number of aromatic nitrogens is 2. The van der Waals surface area contributed by atoms with Gasteiger partial charge in [0.2, 0.25) is 5.96 Å². The number of aliphatic imine (C=N–C) groups is 1. The number of halogens is 1. The average molecular weight is 372 g/mol. The van der Waals surface area contributed by atoms with E-state index in [2.05, 4.69) is 14.3 Å². The number of guanidine groups is 1. The SMILES string of the molecule is CC1(c2cc(-c3cncnc3)ccc2F)CS2=NCCCCN2C(N)=N1. The molecule has 0 bridgehead atoms. The van der Waals surface area contributed by atoms with E-state index in [1.165, 1.54) is 12.4 Å². The molecule has 6 nitrogen and oxygen atoms in total. The minimum atomic E-state index is -0.743. The van der Waals surface area contributed by atoms with Gasteiger partial charge in [0.05, 0.1) is 5.75 Å². The average Bonchev–Trinajstić information content (AvgIpc) is 2.88. The summed E-state index contributed by atoms with van der Waals surface area (Å²) in [4.78, 5) is 12.8. The van der Waals surface area contributed by atoms with Crippen molar-refractivity contribution in [3.8, 4) is 11.1 Å². The fraction of sp³-hybridized carbons (Fsp3) is 0.389. The second-order valence-electron chi connectivity index (χ2n) is 6.71. The molecule has 136 valence electrons. The third-order valence-electron chi connectivity index (χ3n) is 4.73. The van der Waals surface area contributed by atoms with Crippen molar-refractivity contribution in [1.29, 1.82) is 0 Å². The Balaban J connectivity index is 1.79. The molecule has 8 heteroatoms. The smallest absolute Gasteiger partial charge is 0.203 e. The molecule has 2 unspecified atom stereocenters. The van der Waals surface area contributed by atoms with Crippen LogP contribution in [0.1, 0.15) is 25.3 Å². The van der Waals surface area contributed by atoms with Crippen LogP contribution in [0.25, 0.3) is 11.1 Å². The standard InChI is InChI=1S/C18H21FN6S/c1-18(11-26-23-6-2-3-7-25(26)17(20)24-18)15-8-13(4-5-16(15)19)14-9-21-12-22-10-14/h4-5,8-10,12H,2-3,6-7,11H2,1H3,(H2,20,24). The molecule has 4 rings (SSSR count). The van der Waals surface area contributed by atoms with Gasteiger partial charge in [-0.2, -0.15) is 0 Å². The van der Waals surface area contributed by atoms with Gasteiger partial charge in [-0.25, -0.2) is 23.7 Å². The molecule has 2 aliphatic heterocycles. The predicted octanol–water partition coefficient (Wildman–Crippen LogP) is 2.64. The van der Waals surface area contributed by atoms with Crippen LogP contribution in [-0.2, 0) is 16.4 Å². The van der Waals surface area contributed by atoms with Crippen LogP contribution in [0.5, 0.6) is 0 Å². The number of rotatable bonds is 2. The Bertz CT molecular complexity index is 885. The summed E-state index contributed by atoms with van der Waals surface area (Å²) in [6.45, 7) is 3.63. The van der Waals surface area contributed by atoms with Gasteiger partial charge in [0.25, 0.3) is 0 Å². The Kier molecular flexibility index (Phi) is 4.44. The summed E-state index contributed by atoms with van der Waals surface area (Å²) >= 11 is 0. The number of nitrogens with two attached hydrogens (primary N) is 1. The molecule has 2 atom stereocenters. The normalized spacial score (nSPS) is 25.7. The zero-order chi connectivity index (χ0) is 18.1. The van der Waals surface area contributed by atoms with E-state index in [4.69, 9.17) is 15.1 Å². The van der Waals surface area contributed by atoms with Crippen LogP contribution in [0.15, 0.2) is 46.3 Å². The lowest BCUT2D eigenvalue weighted by Gasteiger charge is -2.38. The second-order valence-corrected chi connectivity index (χ2v) is 8.38. The van der Waals surface area contributed by atoms with E-state index in [0.717, 1.165) is 37.1 Å². The zero-order valence-corrected chi connectivity index (χ0v) is 15.4. The highest BCUT2D eigenvalue weighted by Gasteiger charge is 2.38. The van der Waals surface area contributed by atoms with E-state index < -0.39 is 5.54 Å². The Morgan fingerprint density at radius 2 is 2.00 bits per heavy atom. The van der Waals surface area contributed by atoms with Crippen molar-refractivity contribution in [3.05, 3.63) is 48.3 Å². The van der Waals surface area contributed by atoms with Gasteiger partial charge in [-0.1, -0.05) is 6.07 Å². The Morgan fingerprint density at radius 3 is 2.81 bits per heavy atom.